The molecule has 3 rings (SSSR count). The predicted molar refractivity (Wildman–Crippen MR) is 93.9 cm³/mol. The van der Waals surface area contributed by atoms with Gasteiger partial charge < -0.3 is 5.73 Å². The number of rotatable bonds is 5. The molecule has 22 heavy (non-hydrogen) atoms. The van der Waals surface area contributed by atoms with Crippen LogP contribution >= 0.6 is 0 Å². The topological polar surface area (TPSA) is 38.9 Å². The van der Waals surface area contributed by atoms with Crippen molar-refractivity contribution in [3.8, 4) is 11.1 Å². The Morgan fingerprint density at radius 3 is 2.50 bits per heavy atom. The van der Waals surface area contributed by atoms with Gasteiger partial charge in [-0.25, -0.2) is 0 Å². The monoisotopic (exact) mass is 290 g/mol. The summed E-state index contributed by atoms with van der Waals surface area (Å²) in [6.07, 6.45) is 4.13. The fraction of sp³-hybridized carbons (Fsp3) is 0.250. The number of hydrogen-bond acceptors (Lipinski definition) is 2. The van der Waals surface area contributed by atoms with Crippen molar-refractivity contribution in [1.29, 1.82) is 0 Å². The van der Waals surface area contributed by atoms with Gasteiger partial charge in [0.25, 0.3) is 0 Å². The second kappa shape index (κ2) is 6.71. The maximum Gasteiger partial charge on any atom is 0.0702 e. The van der Waals surface area contributed by atoms with Crippen LogP contribution in [0.25, 0.3) is 22.0 Å². The second-order valence-electron chi connectivity index (χ2n) is 5.72. The van der Waals surface area contributed by atoms with Crippen LogP contribution in [0.5, 0.6) is 0 Å². The van der Waals surface area contributed by atoms with E-state index >= 15 is 0 Å². The van der Waals surface area contributed by atoms with Crippen LogP contribution in [0.15, 0.2) is 60.8 Å². The first-order valence-electron chi connectivity index (χ1n) is 7.97. The highest BCUT2D eigenvalue weighted by Gasteiger charge is 2.08. The fourth-order valence-electron chi connectivity index (χ4n) is 2.98. The van der Waals surface area contributed by atoms with Crippen LogP contribution in [0.2, 0.25) is 0 Å². The first kappa shape index (κ1) is 14.7. The number of fused-ring (bicyclic) bond motifs is 1. The van der Waals surface area contributed by atoms with Gasteiger partial charge in [-0.2, -0.15) is 0 Å². The van der Waals surface area contributed by atoms with Crippen molar-refractivity contribution < 1.29 is 0 Å². The summed E-state index contributed by atoms with van der Waals surface area (Å²) in [6, 6.07) is 19.3. The minimum Gasteiger partial charge on any atom is -0.330 e. The predicted octanol–water partition coefficient (Wildman–Crippen LogP) is 4.74. The highest BCUT2D eigenvalue weighted by molar-refractivity contribution is 5.83. The van der Waals surface area contributed by atoms with Crippen LogP contribution in [0, 0.1) is 0 Å². The Morgan fingerprint density at radius 1 is 1.00 bits per heavy atom. The highest BCUT2D eigenvalue weighted by Crippen LogP contribution is 2.27. The summed E-state index contributed by atoms with van der Waals surface area (Å²) >= 11 is 0. The van der Waals surface area contributed by atoms with Crippen molar-refractivity contribution >= 4 is 10.9 Å². The summed E-state index contributed by atoms with van der Waals surface area (Å²) in [7, 11) is 0. The molecule has 0 spiro atoms. The summed E-state index contributed by atoms with van der Waals surface area (Å²) in [5, 5.41) is 1.18. The molecule has 3 aromatic rings. The maximum atomic E-state index is 5.71. The number of nitrogens with zero attached hydrogens (tertiary/aromatic N) is 1. The van der Waals surface area contributed by atoms with Crippen LogP contribution < -0.4 is 5.73 Å². The number of benzene rings is 2. The zero-order valence-corrected chi connectivity index (χ0v) is 13.0. The van der Waals surface area contributed by atoms with Crippen LogP contribution in [0.3, 0.4) is 0 Å². The minimum absolute atomic E-state index is 0.564. The van der Waals surface area contributed by atoms with E-state index in [4.69, 9.17) is 5.73 Å². The van der Waals surface area contributed by atoms with Crippen LogP contribution in [-0.4, -0.2) is 11.5 Å². The molecule has 0 saturated carbocycles. The smallest absolute Gasteiger partial charge is 0.0702 e. The molecule has 1 aromatic heterocycles. The Morgan fingerprint density at radius 2 is 1.77 bits per heavy atom. The van der Waals surface area contributed by atoms with Crippen molar-refractivity contribution in [3.05, 3.63) is 66.4 Å². The third-order valence-electron chi connectivity index (χ3n) is 4.31. The largest absolute Gasteiger partial charge is 0.330 e. The highest BCUT2D eigenvalue weighted by atomic mass is 14.6. The summed E-state index contributed by atoms with van der Waals surface area (Å²) in [4.78, 5) is 4.54. The molecule has 0 radical (unpaired) electrons. The fourth-order valence-corrected chi connectivity index (χ4v) is 2.98. The van der Waals surface area contributed by atoms with Gasteiger partial charge in [0.1, 0.15) is 0 Å². The van der Waals surface area contributed by atoms with E-state index < -0.39 is 0 Å². The quantitative estimate of drug-likeness (QED) is 0.737. The second-order valence-corrected chi connectivity index (χ2v) is 5.72. The van der Waals surface area contributed by atoms with Crippen molar-refractivity contribution in [1.82, 2.24) is 4.98 Å². The molecule has 112 valence electrons. The number of aromatic nitrogens is 1. The molecule has 0 amide bonds. The summed E-state index contributed by atoms with van der Waals surface area (Å²) in [5.41, 5.74) is 10.5. The van der Waals surface area contributed by atoms with Crippen LogP contribution in [0.1, 0.15) is 31.2 Å². The van der Waals surface area contributed by atoms with E-state index in [9.17, 15) is 0 Å². The zero-order valence-electron chi connectivity index (χ0n) is 13.0. The van der Waals surface area contributed by atoms with Gasteiger partial charge in [0, 0.05) is 17.1 Å². The number of para-hydroxylation sites is 1. The van der Waals surface area contributed by atoms with Gasteiger partial charge in [-0.05, 0) is 48.6 Å². The Balaban J connectivity index is 1.90. The normalized spacial score (nSPS) is 12.5. The van der Waals surface area contributed by atoms with E-state index in [2.05, 4.69) is 54.4 Å². The molecular weight excluding hydrogens is 268 g/mol. The molecule has 1 heterocycles. The van der Waals surface area contributed by atoms with E-state index in [-0.39, 0.29) is 0 Å². The molecule has 0 saturated heterocycles. The Hall–Kier alpha value is -2.19. The van der Waals surface area contributed by atoms with Gasteiger partial charge in [-0.3, -0.25) is 4.98 Å². The van der Waals surface area contributed by atoms with E-state index in [1.807, 2.05) is 18.3 Å². The standard InChI is InChI=1S/C20H22N2/c1-2-15(11-12-21)16-7-9-17(10-8-16)19-13-18-5-3-4-6-20(18)22-14-19/h3-10,13-15H,2,11-12,21H2,1H3. The Kier molecular flexibility index (Phi) is 4.50. The Bertz CT molecular complexity index is 747. The molecule has 2 nitrogen and oxygen atoms in total. The SMILES string of the molecule is CCC(CCN)c1ccc(-c2cnc3ccccc3c2)cc1. The number of nitrogens with two attached hydrogens (primary N) is 1. The summed E-state index contributed by atoms with van der Waals surface area (Å²) in [6.45, 7) is 2.97. The molecule has 0 fully saturated rings. The summed E-state index contributed by atoms with van der Waals surface area (Å²) < 4.78 is 0. The average Bonchev–Trinajstić information content (AvgIpc) is 2.59. The van der Waals surface area contributed by atoms with Crippen LogP contribution in [-0.2, 0) is 0 Å². The first-order valence-corrected chi connectivity index (χ1v) is 7.97. The Labute approximate surface area is 132 Å². The van der Waals surface area contributed by atoms with E-state index in [1.54, 1.807) is 0 Å². The van der Waals surface area contributed by atoms with E-state index in [1.165, 1.54) is 16.5 Å². The first-order chi connectivity index (χ1) is 10.8. The molecule has 0 aliphatic heterocycles. The molecule has 0 bridgehead atoms. The molecule has 0 aliphatic carbocycles. The minimum atomic E-state index is 0.564. The lowest BCUT2D eigenvalue weighted by atomic mass is 9.92. The van der Waals surface area contributed by atoms with Gasteiger partial charge in [0.2, 0.25) is 0 Å². The van der Waals surface area contributed by atoms with Gasteiger partial charge in [0.15, 0.2) is 0 Å². The number of pyridine rings is 1. The van der Waals surface area contributed by atoms with Crippen molar-refractivity contribution in [2.75, 3.05) is 6.54 Å². The molecular formula is C20H22N2. The molecule has 1 atom stereocenters. The lowest BCUT2D eigenvalue weighted by Crippen LogP contribution is -2.06. The van der Waals surface area contributed by atoms with E-state index in [0.29, 0.717) is 5.92 Å². The average molecular weight is 290 g/mol. The van der Waals surface area contributed by atoms with E-state index in [0.717, 1.165) is 30.5 Å². The molecule has 2 aromatic carbocycles. The van der Waals surface area contributed by atoms with Gasteiger partial charge in [0.05, 0.1) is 5.52 Å². The molecule has 1 unspecified atom stereocenters. The molecule has 0 aliphatic rings. The van der Waals surface area contributed by atoms with Crippen molar-refractivity contribution in [2.45, 2.75) is 25.7 Å². The van der Waals surface area contributed by atoms with Gasteiger partial charge in [-0.1, -0.05) is 49.4 Å². The van der Waals surface area contributed by atoms with Gasteiger partial charge >= 0.3 is 0 Å². The zero-order chi connectivity index (χ0) is 15.4. The number of hydrogen-bond donors (Lipinski definition) is 1. The summed E-state index contributed by atoms with van der Waals surface area (Å²) in [5.74, 6) is 0.564. The van der Waals surface area contributed by atoms with Crippen LogP contribution in [0.4, 0.5) is 0 Å². The lowest BCUT2D eigenvalue weighted by Gasteiger charge is -2.14. The van der Waals surface area contributed by atoms with Gasteiger partial charge in [-0.15, -0.1) is 0 Å². The third kappa shape index (κ3) is 3.02. The molecule has 2 N–H and O–H groups in total. The third-order valence-corrected chi connectivity index (χ3v) is 4.31. The lowest BCUT2D eigenvalue weighted by molar-refractivity contribution is 0.614. The maximum absolute atomic E-state index is 5.71. The van der Waals surface area contributed by atoms with Crippen molar-refractivity contribution in [2.24, 2.45) is 5.73 Å². The molecule has 2 heteroatoms. The van der Waals surface area contributed by atoms with Crippen molar-refractivity contribution in [3.63, 3.8) is 0 Å².